The number of carbonyl (C=O) groups is 2. The summed E-state index contributed by atoms with van der Waals surface area (Å²) in [7, 11) is 0. The smallest absolute Gasteiger partial charge is 0.338 e. The average molecular weight is 472 g/mol. The largest absolute Gasteiger partial charge is 0.363 e. The van der Waals surface area contributed by atoms with Gasteiger partial charge in [-0.15, -0.1) is 10.2 Å². The Morgan fingerprint density at radius 3 is 2.41 bits per heavy atom. The molecule has 8 heteroatoms. The van der Waals surface area contributed by atoms with Crippen molar-refractivity contribution in [1.29, 1.82) is 0 Å². The van der Waals surface area contributed by atoms with E-state index in [1.165, 1.54) is 6.20 Å². The molecule has 2 aromatic carbocycles. The molecule has 0 atom stereocenters. The van der Waals surface area contributed by atoms with Crippen LogP contribution < -0.4 is 5.48 Å². The number of pyridine rings is 1. The lowest BCUT2D eigenvalue weighted by atomic mass is 10.2. The number of amides is 1. The molecule has 1 amide bonds. The van der Waals surface area contributed by atoms with Crippen LogP contribution in [0.5, 0.6) is 0 Å². The Labute approximate surface area is 168 Å². The molecule has 0 aliphatic carbocycles. The first-order valence-electron chi connectivity index (χ1n) is 7.82. The number of halogens is 1. The second-order valence-electron chi connectivity index (χ2n) is 5.24. The molecular formula is C19H13IN4O3. The molecule has 1 heterocycles. The number of azo groups is 1. The normalized spacial score (nSPS) is 10.6. The molecule has 1 N–H and O–H groups in total. The lowest BCUT2D eigenvalue weighted by Gasteiger charge is -2.07. The maximum absolute atomic E-state index is 12.1. The van der Waals surface area contributed by atoms with E-state index in [1.807, 2.05) is 12.1 Å². The summed E-state index contributed by atoms with van der Waals surface area (Å²) >= 11 is 2.07. The van der Waals surface area contributed by atoms with Crippen LogP contribution in [0, 0.1) is 3.57 Å². The van der Waals surface area contributed by atoms with Gasteiger partial charge in [0.25, 0.3) is 0 Å². The van der Waals surface area contributed by atoms with Crippen molar-refractivity contribution < 1.29 is 14.4 Å². The Balaban J connectivity index is 1.57. The van der Waals surface area contributed by atoms with Crippen molar-refractivity contribution in [3.8, 4) is 0 Å². The third-order valence-corrected chi connectivity index (χ3v) is 4.30. The molecule has 0 radical (unpaired) electrons. The van der Waals surface area contributed by atoms with Crippen molar-refractivity contribution in [3.05, 3.63) is 87.8 Å². The van der Waals surface area contributed by atoms with Crippen LogP contribution in [0.3, 0.4) is 0 Å². The zero-order valence-corrected chi connectivity index (χ0v) is 16.0. The molecule has 27 heavy (non-hydrogen) atoms. The third kappa shape index (κ3) is 5.17. The van der Waals surface area contributed by atoms with Crippen molar-refractivity contribution in [2.45, 2.75) is 0 Å². The fourth-order valence-electron chi connectivity index (χ4n) is 2.03. The fourth-order valence-corrected chi connectivity index (χ4v) is 2.63. The number of benzene rings is 2. The lowest BCUT2D eigenvalue weighted by Crippen LogP contribution is -2.11. The number of aromatic nitrogens is 1. The van der Waals surface area contributed by atoms with Crippen molar-refractivity contribution in [2.75, 3.05) is 5.48 Å². The molecule has 0 spiro atoms. The van der Waals surface area contributed by atoms with Crippen LogP contribution >= 0.6 is 22.6 Å². The highest BCUT2D eigenvalue weighted by molar-refractivity contribution is 14.1. The summed E-state index contributed by atoms with van der Waals surface area (Å²) in [5.74, 6) is -1.01. The van der Waals surface area contributed by atoms with Gasteiger partial charge in [0.05, 0.1) is 16.9 Å². The number of anilines is 1. The minimum Gasteiger partial charge on any atom is -0.338 e. The lowest BCUT2D eigenvalue weighted by molar-refractivity contribution is 0.0595. The standard InChI is InChI=1S/C19H13IN4O3/c20-16-6-2-1-5-15(16)19(26)27-24-14-10-8-13(9-11-14)22-23-18(25)17-7-3-4-12-21-17/h1-12,24H. The van der Waals surface area contributed by atoms with Gasteiger partial charge in [-0.3, -0.25) is 9.78 Å². The van der Waals surface area contributed by atoms with E-state index in [0.29, 0.717) is 16.9 Å². The van der Waals surface area contributed by atoms with E-state index in [1.54, 1.807) is 54.6 Å². The van der Waals surface area contributed by atoms with Gasteiger partial charge in [-0.2, -0.15) is 0 Å². The van der Waals surface area contributed by atoms with E-state index in [0.717, 1.165) is 3.57 Å². The maximum atomic E-state index is 12.1. The van der Waals surface area contributed by atoms with Gasteiger partial charge in [-0.25, -0.2) is 10.3 Å². The number of nitrogens with one attached hydrogen (secondary N) is 1. The molecule has 1 aromatic heterocycles. The Morgan fingerprint density at radius 2 is 1.70 bits per heavy atom. The summed E-state index contributed by atoms with van der Waals surface area (Å²) in [5.41, 5.74) is 4.33. The van der Waals surface area contributed by atoms with Crippen LogP contribution in [0.4, 0.5) is 11.4 Å². The molecule has 0 saturated carbocycles. The number of carbonyl (C=O) groups excluding carboxylic acids is 2. The monoisotopic (exact) mass is 472 g/mol. The highest BCUT2D eigenvalue weighted by Gasteiger charge is 2.11. The molecule has 0 fully saturated rings. The minimum atomic E-state index is -0.524. The SMILES string of the molecule is O=C(N=Nc1ccc(NOC(=O)c2ccccc2I)cc1)c1ccccn1. The Hall–Kier alpha value is -3.14. The van der Waals surface area contributed by atoms with Gasteiger partial charge >= 0.3 is 11.9 Å². The molecule has 7 nitrogen and oxygen atoms in total. The van der Waals surface area contributed by atoms with Crippen LogP contribution in [0.1, 0.15) is 20.8 Å². The van der Waals surface area contributed by atoms with Crippen molar-refractivity contribution in [3.63, 3.8) is 0 Å². The number of rotatable bonds is 5. The Kier molecular flexibility index (Phi) is 6.21. The van der Waals surface area contributed by atoms with E-state index in [9.17, 15) is 9.59 Å². The minimum absolute atomic E-state index is 0.224. The topological polar surface area (TPSA) is 93.0 Å². The summed E-state index contributed by atoms with van der Waals surface area (Å²) < 4.78 is 0.801. The fraction of sp³-hybridized carbons (Fsp3) is 0. The Bertz CT molecular complexity index is 976. The molecule has 0 bridgehead atoms. The van der Waals surface area contributed by atoms with Crippen LogP contribution in [-0.4, -0.2) is 16.9 Å². The zero-order chi connectivity index (χ0) is 19.1. The molecule has 3 rings (SSSR count). The predicted octanol–water partition coefficient (Wildman–Crippen LogP) is 4.79. The van der Waals surface area contributed by atoms with E-state index in [-0.39, 0.29) is 5.69 Å². The summed E-state index contributed by atoms with van der Waals surface area (Å²) in [5, 5.41) is 7.51. The zero-order valence-electron chi connectivity index (χ0n) is 13.9. The van der Waals surface area contributed by atoms with Crippen molar-refractivity contribution >= 4 is 45.8 Å². The van der Waals surface area contributed by atoms with Gasteiger partial charge in [-0.1, -0.05) is 18.2 Å². The van der Waals surface area contributed by atoms with E-state index in [2.05, 4.69) is 43.3 Å². The van der Waals surface area contributed by atoms with Gasteiger partial charge in [0.2, 0.25) is 0 Å². The van der Waals surface area contributed by atoms with Crippen LogP contribution in [0.15, 0.2) is 83.2 Å². The van der Waals surface area contributed by atoms with Gasteiger partial charge < -0.3 is 4.84 Å². The number of nitrogens with zero attached hydrogens (tertiary/aromatic N) is 3. The van der Waals surface area contributed by atoms with E-state index < -0.39 is 11.9 Å². The first-order valence-corrected chi connectivity index (χ1v) is 8.90. The van der Waals surface area contributed by atoms with Crippen LogP contribution in [-0.2, 0) is 4.84 Å². The van der Waals surface area contributed by atoms with Crippen LogP contribution in [0.2, 0.25) is 0 Å². The second-order valence-corrected chi connectivity index (χ2v) is 6.40. The molecule has 3 aromatic rings. The highest BCUT2D eigenvalue weighted by Crippen LogP contribution is 2.18. The first-order chi connectivity index (χ1) is 13.1. The third-order valence-electron chi connectivity index (χ3n) is 3.36. The summed E-state index contributed by atoms with van der Waals surface area (Å²) in [6, 6.07) is 18.7. The second kappa shape index (κ2) is 8.99. The summed E-state index contributed by atoms with van der Waals surface area (Å²) in [6.45, 7) is 0. The number of hydrogen-bond donors (Lipinski definition) is 1. The molecule has 134 valence electrons. The van der Waals surface area contributed by atoms with Gasteiger partial charge in [0, 0.05) is 9.77 Å². The van der Waals surface area contributed by atoms with Gasteiger partial charge in [0.15, 0.2) is 0 Å². The molecule has 0 unspecified atom stereocenters. The van der Waals surface area contributed by atoms with Gasteiger partial charge in [-0.05, 0) is 71.1 Å². The van der Waals surface area contributed by atoms with Crippen molar-refractivity contribution in [2.24, 2.45) is 10.2 Å². The van der Waals surface area contributed by atoms with Crippen LogP contribution in [0.25, 0.3) is 0 Å². The predicted molar refractivity (Wildman–Crippen MR) is 108 cm³/mol. The molecule has 0 aliphatic heterocycles. The molecule has 0 aliphatic rings. The quantitative estimate of drug-likeness (QED) is 0.328. The van der Waals surface area contributed by atoms with E-state index >= 15 is 0 Å². The Morgan fingerprint density at radius 1 is 0.963 bits per heavy atom. The number of hydrogen-bond acceptors (Lipinski definition) is 6. The molecule has 0 saturated heterocycles. The average Bonchev–Trinajstić information content (AvgIpc) is 2.72. The van der Waals surface area contributed by atoms with E-state index in [4.69, 9.17) is 4.84 Å². The first kappa shape index (κ1) is 18.6. The molecular weight excluding hydrogens is 459 g/mol. The van der Waals surface area contributed by atoms with Crippen molar-refractivity contribution in [1.82, 2.24) is 4.98 Å². The summed E-state index contributed by atoms with van der Waals surface area (Å²) in [6.07, 6.45) is 1.51. The summed E-state index contributed by atoms with van der Waals surface area (Å²) in [4.78, 5) is 32.9. The highest BCUT2D eigenvalue weighted by atomic mass is 127. The maximum Gasteiger partial charge on any atom is 0.363 e. The van der Waals surface area contributed by atoms with Gasteiger partial charge in [0.1, 0.15) is 5.69 Å².